The average Bonchev–Trinajstić information content (AvgIpc) is 2.72. The lowest BCUT2D eigenvalue weighted by atomic mass is 9.96. The second-order valence-electron chi connectivity index (χ2n) is 4.66. The molecule has 3 N–H and O–H groups in total. The summed E-state index contributed by atoms with van der Waals surface area (Å²) in [4.78, 5) is 0. The molecule has 0 amide bonds. The number of ether oxygens (including phenoxy) is 1. The van der Waals surface area contributed by atoms with Crippen LogP contribution in [-0.2, 0) is 0 Å². The van der Waals surface area contributed by atoms with Crippen LogP contribution >= 0.6 is 11.8 Å². The highest BCUT2D eigenvalue weighted by Gasteiger charge is 2.36. The van der Waals surface area contributed by atoms with Gasteiger partial charge in [0.15, 0.2) is 0 Å². The Kier molecular flexibility index (Phi) is 3.84. The zero-order valence-corrected chi connectivity index (χ0v) is 11.2. The predicted molar refractivity (Wildman–Crippen MR) is 74.9 cm³/mol. The van der Waals surface area contributed by atoms with Crippen molar-refractivity contribution in [3.8, 4) is 5.75 Å². The van der Waals surface area contributed by atoms with Gasteiger partial charge in [0, 0.05) is 23.2 Å². The van der Waals surface area contributed by atoms with Crippen molar-refractivity contribution < 1.29 is 4.74 Å². The van der Waals surface area contributed by atoms with Gasteiger partial charge in [-0.3, -0.25) is 0 Å². The molecule has 1 saturated heterocycles. The van der Waals surface area contributed by atoms with E-state index in [1.807, 2.05) is 36.0 Å². The number of nitrogens with two attached hydrogens (primary N) is 1. The lowest BCUT2D eigenvalue weighted by molar-refractivity contribution is 0.415. The van der Waals surface area contributed by atoms with E-state index in [2.05, 4.69) is 12.2 Å². The molecule has 1 aromatic carbocycles. The third-order valence-corrected chi connectivity index (χ3v) is 4.67. The minimum atomic E-state index is 0.0542. The first-order chi connectivity index (χ1) is 8.17. The fraction of sp³-hybridized carbons (Fsp3) is 0.538. The SMILES string of the molecule is COc1ccc(NC2(CN)CSC(C)C2)cc1. The van der Waals surface area contributed by atoms with Crippen molar-refractivity contribution in [1.29, 1.82) is 0 Å². The van der Waals surface area contributed by atoms with Crippen molar-refractivity contribution in [2.45, 2.75) is 24.1 Å². The third kappa shape index (κ3) is 2.87. The number of benzene rings is 1. The number of rotatable bonds is 4. The van der Waals surface area contributed by atoms with E-state index in [9.17, 15) is 0 Å². The Balaban J connectivity index is 2.07. The molecular formula is C13H20N2OS. The van der Waals surface area contributed by atoms with Gasteiger partial charge in [-0.2, -0.15) is 11.8 Å². The van der Waals surface area contributed by atoms with Crippen LogP contribution in [-0.4, -0.2) is 30.2 Å². The van der Waals surface area contributed by atoms with Crippen molar-refractivity contribution >= 4 is 17.4 Å². The lowest BCUT2D eigenvalue weighted by Crippen LogP contribution is -2.45. The van der Waals surface area contributed by atoms with Gasteiger partial charge in [0.05, 0.1) is 12.6 Å². The number of thioether (sulfide) groups is 1. The molecule has 94 valence electrons. The standard InChI is InChI=1S/C13H20N2OS/c1-10-7-13(8-14,9-17-10)15-11-3-5-12(16-2)6-4-11/h3-6,10,15H,7-9,14H2,1-2H3. The normalized spacial score (nSPS) is 28.1. The molecule has 4 heteroatoms. The van der Waals surface area contributed by atoms with E-state index in [-0.39, 0.29) is 5.54 Å². The molecule has 2 rings (SSSR count). The number of methoxy groups -OCH3 is 1. The Labute approximate surface area is 107 Å². The zero-order valence-electron chi connectivity index (χ0n) is 10.4. The molecule has 0 aromatic heterocycles. The molecule has 17 heavy (non-hydrogen) atoms. The molecule has 1 aliphatic rings. The largest absolute Gasteiger partial charge is 0.497 e. The lowest BCUT2D eigenvalue weighted by Gasteiger charge is -2.29. The Bertz CT molecular complexity index is 368. The quantitative estimate of drug-likeness (QED) is 0.863. The summed E-state index contributed by atoms with van der Waals surface area (Å²) in [5, 5.41) is 4.27. The van der Waals surface area contributed by atoms with Gasteiger partial charge in [-0.25, -0.2) is 0 Å². The smallest absolute Gasteiger partial charge is 0.119 e. The van der Waals surface area contributed by atoms with E-state index < -0.39 is 0 Å². The van der Waals surface area contributed by atoms with Crippen LogP contribution in [0.4, 0.5) is 5.69 Å². The second kappa shape index (κ2) is 5.19. The first-order valence-electron chi connectivity index (χ1n) is 5.91. The Morgan fingerprint density at radius 2 is 2.18 bits per heavy atom. The van der Waals surface area contributed by atoms with Crippen LogP contribution < -0.4 is 15.8 Å². The van der Waals surface area contributed by atoms with Crippen molar-refractivity contribution in [1.82, 2.24) is 0 Å². The van der Waals surface area contributed by atoms with E-state index in [4.69, 9.17) is 10.5 Å². The summed E-state index contributed by atoms with van der Waals surface area (Å²) >= 11 is 1.99. The van der Waals surface area contributed by atoms with Crippen LogP contribution in [0.15, 0.2) is 24.3 Å². The summed E-state index contributed by atoms with van der Waals surface area (Å²) < 4.78 is 5.15. The van der Waals surface area contributed by atoms with Crippen molar-refractivity contribution in [2.24, 2.45) is 5.73 Å². The third-order valence-electron chi connectivity index (χ3n) is 3.21. The van der Waals surface area contributed by atoms with Gasteiger partial charge in [0.2, 0.25) is 0 Å². The summed E-state index contributed by atoms with van der Waals surface area (Å²) in [5.74, 6) is 1.96. The topological polar surface area (TPSA) is 47.3 Å². The maximum Gasteiger partial charge on any atom is 0.119 e. The first kappa shape index (κ1) is 12.6. The van der Waals surface area contributed by atoms with Crippen LogP contribution in [0, 0.1) is 0 Å². The van der Waals surface area contributed by atoms with Gasteiger partial charge >= 0.3 is 0 Å². The molecular weight excluding hydrogens is 232 g/mol. The van der Waals surface area contributed by atoms with Crippen LogP contribution in [0.3, 0.4) is 0 Å². The van der Waals surface area contributed by atoms with E-state index in [0.717, 1.165) is 23.6 Å². The van der Waals surface area contributed by atoms with Crippen LogP contribution in [0.1, 0.15) is 13.3 Å². The summed E-state index contributed by atoms with van der Waals surface area (Å²) in [6, 6.07) is 8.03. The molecule has 3 nitrogen and oxygen atoms in total. The fourth-order valence-corrected chi connectivity index (χ4v) is 3.58. The first-order valence-corrected chi connectivity index (χ1v) is 6.96. The molecule has 1 fully saturated rings. The van der Waals surface area contributed by atoms with Crippen molar-refractivity contribution in [3.63, 3.8) is 0 Å². The van der Waals surface area contributed by atoms with Gasteiger partial charge < -0.3 is 15.8 Å². The van der Waals surface area contributed by atoms with Crippen molar-refractivity contribution in [2.75, 3.05) is 24.7 Å². The zero-order chi connectivity index (χ0) is 12.3. The Morgan fingerprint density at radius 3 is 2.65 bits per heavy atom. The van der Waals surface area contributed by atoms with E-state index >= 15 is 0 Å². The minimum Gasteiger partial charge on any atom is -0.497 e. The highest BCUT2D eigenvalue weighted by molar-refractivity contribution is 8.00. The molecule has 1 aromatic rings. The molecule has 0 aliphatic carbocycles. The van der Waals surface area contributed by atoms with Gasteiger partial charge in [0.25, 0.3) is 0 Å². The fourth-order valence-electron chi connectivity index (χ4n) is 2.23. The molecule has 0 spiro atoms. The van der Waals surface area contributed by atoms with E-state index in [1.165, 1.54) is 0 Å². The molecule has 2 unspecified atom stereocenters. The van der Waals surface area contributed by atoms with Crippen LogP contribution in [0.2, 0.25) is 0 Å². The minimum absolute atomic E-state index is 0.0542. The summed E-state index contributed by atoms with van der Waals surface area (Å²) in [6.07, 6.45) is 1.13. The summed E-state index contributed by atoms with van der Waals surface area (Å²) in [6.45, 7) is 2.94. The highest BCUT2D eigenvalue weighted by atomic mass is 32.2. The number of anilines is 1. The molecule has 0 saturated carbocycles. The average molecular weight is 252 g/mol. The van der Waals surface area contributed by atoms with Gasteiger partial charge in [0.1, 0.15) is 5.75 Å². The highest BCUT2D eigenvalue weighted by Crippen LogP contribution is 2.36. The van der Waals surface area contributed by atoms with Gasteiger partial charge in [-0.05, 0) is 30.7 Å². The Hall–Kier alpha value is -0.870. The predicted octanol–water partition coefficient (Wildman–Crippen LogP) is 2.33. The maximum absolute atomic E-state index is 5.93. The number of nitrogens with one attached hydrogen (secondary N) is 1. The molecule has 1 aliphatic heterocycles. The van der Waals surface area contributed by atoms with Crippen molar-refractivity contribution in [3.05, 3.63) is 24.3 Å². The van der Waals surface area contributed by atoms with Gasteiger partial charge in [-0.1, -0.05) is 6.92 Å². The summed E-state index contributed by atoms with van der Waals surface area (Å²) in [5.41, 5.74) is 7.11. The van der Waals surface area contributed by atoms with Crippen LogP contribution in [0.5, 0.6) is 5.75 Å². The van der Waals surface area contributed by atoms with E-state index in [0.29, 0.717) is 11.8 Å². The monoisotopic (exact) mass is 252 g/mol. The molecule has 2 atom stereocenters. The van der Waals surface area contributed by atoms with E-state index in [1.54, 1.807) is 7.11 Å². The molecule has 0 bridgehead atoms. The molecule has 0 radical (unpaired) electrons. The number of hydrogen-bond acceptors (Lipinski definition) is 4. The van der Waals surface area contributed by atoms with Crippen LogP contribution in [0.25, 0.3) is 0 Å². The maximum atomic E-state index is 5.93. The Morgan fingerprint density at radius 1 is 1.47 bits per heavy atom. The second-order valence-corrected chi connectivity index (χ2v) is 6.09. The molecule has 1 heterocycles. The van der Waals surface area contributed by atoms with Gasteiger partial charge in [-0.15, -0.1) is 0 Å². The number of hydrogen-bond donors (Lipinski definition) is 2. The summed E-state index contributed by atoms with van der Waals surface area (Å²) in [7, 11) is 1.68.